The quantitative estimate of drug-likeness (QED) is 0.585. The largest absolute Gasteiger partial charge is 0.481 e. The molecule has 0 unspecified atom stereocenters. The molecule has 2 rings (SSSR count). The number of carbonyl (C=O) groups is 4. The fourth-order valence-corrected chi connectivity index (χ4v) is 2.32. The number of nitrogens with one attached hydrogen (secondary N) is 1. The third-order valence-corrected chi connectivity index (χ3v) is 3.26. The van der Waals surface area contributed by atoms with E-state index >= 15 is 0 Å². The lowest BCUT2D eigenvalue weighted by Gasteiger charge is -2.35. The molecule has 2 fully saturated rings. The maximum absolute atomic E-state index is 12.1. The summed E-state index contributed by atoms with van der Waals surface area (Å²) in [6.45, 7) is 0.243. The van der Waals surface area contributed by atoms with Gasteiger partial charge in [-0.05, 0) is 12.8 Å². The van der Waals surface area contributed by atoms with Crippen molar-refractivity contribution in [3.63, 3.8) is 0 Å². The number of likely N-dealkylation sites (tertiary alicyclic amines) is 1. The molecule has 19 heavy (non-hydrogen) atoms. The van der Waals surface area contributed by atoms with Crippen LogP contribution in [-0.2, 0) is 14.4 Å². The molecular weight excluding hydrogens is 254 g/mol. The Morgan fingerprint density at radius 1 is 1.16 bits per heavy atom. The number of piperazine rings is 1. The molecule has 104 valence electrons. The Bertz CT molecular complexity index is 420. The average Bonchev–Trinajstić information content (AvgIpc) is 2.37. The maximum Gasteiger partial charge on any atom is 0.320 e. The van der Waals surface area contributed by atoms with E-state index in [1.54, 1.807) is 0 Å². The Hall–Kier alpha value is -2.12. The van der Waals surface area contributed by atoms with Gasteiger partial charge in [0.25, 0.3) is 0 Å². The van der Waals surface area contributed by atoms with Crippen LogP contribution in [0.4, 0.5) is 4.79 Å². The lowest BCUT2D eigenvalue weighted by molar-refractivity contribution is -0.143. The normalized spacial score (nSPS) is 24.1. The summed E-state index contributed by atoms with van der Waals surface area (Å²) in [5.74, 6) is -2.54. The predicted octanol–water partition coefficient (Wildman–Crippen LogP) is -1.14. The lowest BCUT2D eigenvalue weighted by atomic mass is 9.98. The molecule has 0 radical (unpaired) electrons. The summed E-state index contributed by atoms with van der Waals surface area (Å²) in [5.41, 5.74) is 0. The molecular formula is C11H15N3O5. The molecule has 0 aromatic carbocycles. The summed E-state index contributed by atoms with van der Waals surface area (Å²) in [6, 6.07) is -0.450. The van der Waals surface area contributed by atoms with Crippen molar-refractivity contribution in [3.8, 4) is 0 Å². The van der Waals surface area contributed by atoms with Crippen LogP contribution in [0.3, 0.4) is 0 Å². The minimum Gasteiger partial charge on any atom is -0.481 e. The van der Waals surface area contributed by atoms with Crippen LogP contribution < -0.4 is 5.32 Å². The van der Waals surface area contributed by atoms with Crippen LogP contribution in [0, 0.1) is 5.92 Å². The number of rotatable bonds is 1. The van der Waals surface area contributed by atoms with Crippen molar-refractivity contribution < 1.29 is 24.3 Å². The van der Waals surface area contributed by atoms with Crippen LogP contribution in [0.2, 0.25) is 0 Å². The Morgan fingerprint density at radius 3 is 2.37 bits per heavy atom. The average molecular weight is 269 g/mol. The van der Waals surface area contributed by atoms with Crippen LogP contribution in [0.5, 0.6) is 0 Å². The molecule has 0 aromatic heterocycles. The number of imide groups is 1. The van der Waals surface area contributed by atoms with Crippen LogP contribution in [0.1, 0.15) is 12.8 Å². The molecule has 0 aliphatic carbocycles. The highest BCUT2D eigenvalue weighted by atomic mass is 16.4. The van der Waals surface area contributed by atoms with E-state index in [2.05, 4.69) is 5.32 Å². The van der Waals surface area contributed by atoms with Gasteiger partial charge in [0.05, 0.1) is 5.92 Å². The summed E-state index contributed by atoms with van der Waals surface area (Å²) >= 11 is 0. The Kier molecular flexibility index (Phi) is 3.68. The number of urea groups is 1. The van der Waals surface area contributed by atoms with Gasteiger partial charge in [0, 0.05) is 13.1 Å². The van der Waals surface area contributed by atoms with Gasteiger partial charge < -0.3 is 14.9 Å². The molecule has 8 nitrogen and oxygen atoms in total. The zero-order chi connectivity index (χ0) is 14.0. The minimum atomic E-state index is -0.926. The molecule has 2 N–H and O–H groups in total. The molecule has 8 heteroatoms. The van der Waals surface area contributed by atoms with E-state index in [0.717, 1.165) is 4.90 Å². The molecule has 0 saturated carbocycles. The SMILES string of the molecule is O=C1CN(C(=O)N2CCC[C@H](C(=O)O)C2)CC(=O)N1. The number of carboxylic acids is 1. The number of piperidine rings is 1. The van der Waals surface area contributed by atoms with Crippen molar-refractivity contribution in [2.75, 3.05) is 26.2 Å². The molecule has 1 atom stereocenters. The van der Waals surface area contributed by atoms with Gasteiger partial charge in [-0.1, -0.05) is 0 Å². The molecule has 4 amide bonds. The van der Waals surface area contributed by atoms with Crippen molar-refractivity contribution in [3.05, 3.63) is 0 Å². The zero-order valence-electron chi connectivity index (χ0n) is 10.3. The van der Waals surface area contributed by atoms with Crippen molar-refractivity contribution in [2.45, 2.75) is 12.8 Å². The molecule has 2 heterocycles. The van der Waals surface area contributed by atoms with E-state index in [4.69, 9.17) is 5.11 Å². The molecule has 0 aromatic rings. The molecule has 2 aliphatic rings. The van der Waals surface area contributed by atoms with Gasteiger partial charge in [-0.25, -0.2) is 4.79 Å². The van der Waals surface area contributed by atoms with Crippen LogP contribution in [-0.4, -0.2) is 64.9 Å². The van der Waals surface area contributed by atoms with Gasteiger partial charge in [0.2, 0.25) is 11.8 Å². The molecule has 0 bridgehead atoms. The van der Waals surface area contributed by atoms with E-state index in [-0.39, 0.29) is 19.6 Å². The topological polar surface area (TPSA) is 107 Å². The summed E-state index contributed by atoms with van der Waals surface area (Å²) < 4.78 is 0. The fraction of sp³-hybridized carbons (Fsp3) is 0.636. The van der Waals surface area contributed by atoms with E-state index in [1.165, 1.54) is 4.90 Å². The second-order valence-electron chi connectivity index (χ2n) is 4.73. The van der Waals surface area contributed by atoms with Crippen molar-refractivity contribution >= 4 is 23.8 Å². The fourth-order valence-electron chi connectivity index (χ4n) is 2.32. The number of aliphatic carboxylic acids is 1. The Balaban J connectivity index is 2.00. The van der Waals surface area contributed by atoms with Crippen LogP contribution in [0.15, 0.2) is 0 Å². The number of amides is 4. The summed E-state index contributed by atoms with van der Waals surface area (Å²) in [7, 11) is 0. The Labute approximate surface area is 109 Å². The zero-order valence-corrected chi connectivity index (χ0v) is 10.3. The number of carboxylic acid groups (broad SMARTS) is 1. The highest BCUT2D eigenvalue weighted by Crippen LogP contribution is 2.18. The summed E-state index contributed by atoms with van der Waals surface area (Å²) in [4.78, 5) is 48.0. The van der Waals surface area contributed by atoms with Crippen LogP contribution in [0.25, 0.3) is 0 Å². The monoisotopic (exact) mass is 269 g/mol. The first kappa shape index (κ1) is 13.3. The predicted molar refractivity (Wildman–Crippen MR) is 62.1 cm³/mol. The van der Waals surface area contributed by atoms with Gasteiger partial charge >= 0.3 is 12.0 Å². The van der Waals surface area contributed by atoms with Gasteiger partial charge in [-0.2, -0.15) is 0 Å². The van der Waals surface area contributed by atoms with Gasteiger partial charge in [0.15, 0.2) is 0 Å². The number of hydrogen-bond donors (Lipinski definition) is 2. The third kappa shape index (κ3) is 3.01. The second kappa shape index (κ2) is 5.25. The standard InChI is InChI=1S/C11H15N3O5/c15-8-5-14(6-9(16)12-8)11(19)13-3-1-2-7(4-13)10(17)18/h7H,1-6H2,(H,17,18)(H,12,15,16)/t7-/m0/s1. The molecule has 2 aliphatic heterocycles. The first-order valence-corrected chi connectivity index (χ1v) is 6.06. The Morgan fingerprint density at radius 2 is 1.79 bits per heavy atom. The first-order chi connectivity index (χ1) is 8.97. The van der Waals surface area contributed by atoms with Gasteiger partial charge in [-0.15, -0.1) is 0 Å². The number of nitrogens with zero attached hydrogens (tertiary/aromatic N) is 2. The van der Waals surface area contributed by atoms with Crippen molar-refractivity contribution in [1.82, 2.24) is 15.1 Å². The molecule has 0 spiro atoms. The van der Waals surface area contributed by atoms with E-state index in [0.29, 0.717) is 19.4 Å². The van der Waals surface area contributed by atoms with Crippen molar-refractivity contribution in [1.29, 1.82) is 0 Å². The molecule has 2 saturated heterocycles. The summed E-state index contributed by atoms with van der Waals surface area (Å²) in [6.07, 6.45) is 1.15. The smallest absolute Gasteiger partial charge is 0.320 e. The van der Waals surface area contributed by atoms with Crippen molar-refractivity contribution in [2.24, 2.45) is 5.92 Å². The van der Waals surface area contributed by atoms with Gasteiger partial charge in [-0.3, -0.25) is 19.7 Å². The highest BCUT2D eigenvalue weighted by Gasteiger charge is 2.33. The second-order valence-corrected chi connectivity index (χ2v) is 4.73. The highest BCUT2D eigenvalue weighted by molar-refractivity contribution is 6.02. The van der Waals surface area contributed by atoms with E-state index in [9.17, 15) is 19.2 Å². The van der Waals surface area contributed by atoms with Gasteiger partial charge in [0.1, 0.15) is 13.1 Å². The number of carbonyl (C=O) groups excluding carboxylic acids is 3. The third-order valence-electron chi connectivity index (χ3n) is 3.26. The summed E-state index contributed by atoms with van der Waals surface area (Å²) in [5, 5.41) is 11.1. The van der Waals surface area contributed by atoms with Crippen LogP contribution >= 0.6 is 0 Å². The lowest BCUT2D eigenvalue weighted by Crippen LogP contribution is -2.57. The first-order valence-electron chi connectivity index (χ1n) is 6.06. The minimum absolute atomic E-state index is 0.125. The maximum atomic E-state index is 12.1. The van der Waals surface area contributed by atoms with E-state index in [1.807, 2.05) is 0 Å². The number of hydrogen-bond acceptors (Lipinski definition) is 4. The van der Waals surface area contributed by atoms with E-state index < -0.39 is 29.7 Å².